The molecule has 4 rings (SSSR count). The first-order valence-corrected chi connectivity index (χ1v) is 8.11. The number of hydrogen-bond acceptors (Lipinski definition) is 4. The largest absolute Gasteiger partial charge is 0.455 e. The number of carbonyl (C=O) groups is 2. The lowest BCUT2D eigenvalue weighted by atomic mass is 9.48. The topological polar surface area (TPSA) is 75.6 Å². The van der Waals surface area contributed by atoms with Crippen molar-refractivity contribution >= 4 is 11.9 Å². The third kappa shape index (κ3) is 2.80. The number of ether oxygens (including phenoxy) is 1. The fraction of sp³-hybridized carbons (Fsp3) is 0.875. The Morgan fingerprint density at radius 3 is 2.48 bits per heavy atom. The second kappa shape index (κ2) is 5.27. The van der Waals surface area contributed by atoms with Crippen molar-refractivity contribution in [2.45, 2.75) is 57.5 Å². The molecule has 0 aromatic heterocycles. The van der Waals surface area contributed by atoms with Crippen molar-refractivity contribution < 1.29 is 19.4 Å². The number of rotatable bonds is 5. The maximum Gasteiger partial charge on any atom is 0.312 e. The Morgan fingerprint density at radius 1 is 1.24 bits per heavy atom. The van der Waals surface area contributed by atoms with E-state index in [1.54, 1.807) is 0 Å². The summed E-state index contributed by atoms with van der Waals surface area (Å²) in [4.78, 5) is 24.1. The summed E-state index contributed by atoms with van der Waals surface area (Å²) in [5.41, 5.74) is -1.21. The average molecular weight is 295 g/mol. The quantitative estimate of drug-likeness (QED) is 0.752. The molecule has 0 spiro atoms. The number of hydrogen-bond donors (Lipinski definition) is 2. The molecular weight excluding hydrogens is 270 g/mol. The van der Waals surface area contributed by atoms with Crippen molar-refractivity contribution in [2.75, 3.05) is 13.2 Å². The van der Waals surface area contributed by atoms with Crippen LogP contribution in [0.5, 0.6) is 0 Å². The highest BCUT2D eigenvalue weighted by Crippen LogP contribution is 2.61. The third-order valence-electron chi connectivity index (χ3n) is 5.37. The fourth-order valence-corrected chi connectivity index (χ4v) is 5.05. The molecule has 0 saturated heterocycles. The number of carbonyl (C=O) groups excluding carboxylic acids is 2. The lowest BCUT2D eigenvalue weighted by Crippen LogP contribution is -2.58. The van der Waals surface area contributed by atoms with Gasteiger partial charge in [-0.25, -0.2) is 0 Å². The minimum atomic E-state index is -0.673. The second-order valence-electron chi connectivity index (χ2n) is 7.39. The Hall–Kier alpha value is -1.10. The van der Waals surface area contributed by atoms with Gasteiger partial charge in [0, 0.05) is 6.54 Å². The number of nitrogens with one attached hydrogen (secondary N) is 1. The van der Waals surface area contributed by atoms with Crippen LogP contribution in [0.15, 0.2) is 0 Å². The van der Waals surface area contributed by atoms with E-state index in [2.05, 4.69) is 5.32 Å². The van der Waals surface area contributed by atoms with E-state index in [1.807, 2.05) is 6.92 Å². The monoisotopic (exact) mass is 295 g/mol. The summed E-state index contributed by atoms with van der Waals surface area (Å²) in [5, 5.41) is 13.3. The van der Waals surface area contributed by atoms with Gasteiger partial charge in [0.1, 0.15) is 0 Å². The van der Waals surface area contributed by atoms with E-state index in [1.165, 1.54) is 0 Å². The molecule has 5 heteroatoms. The van der Waals surface area contributed by atoms with Crippen LogP contribution in [0.1, 0.15) is 51.9 Å². The summed E-state index contributed by atoms with van der Waals surface area (Å²) in [5.74, 6) is 0.366. The first kappa shape index (κ1) is 14.8. The van der Waals surface area contributed by atoms with Crippen LogP contribution >= 0.6 is 0 Å². The van der Waals surface area contributed by atoms with Crippen LogP contribution in [0.3, 0.4) is 0 Å². The fourth-order valence-electron chi connectivity index (χ4n) is 5.05. The van der Waals surface area contributed by atoms with Gasteiger partial charge in [-0.1, -0.05) is 6.92 Å². The molecule has 2 N–H and O–H groups in total. The molecular formula is C16H25NO4. The van der Waals surface area contributed by atoms with Gasteiger partial charge in [0.2, 0.25) is 0 Å². The van der Waals surface area contributed by atoms with Gasteiger partial charge in [0.05, 0.1) is 11.0 Å². The maximum atomic E-state index is 12.5. The van der Waals surface area contributed by atoms with Gasteiger partial charge in [-0.15, -0.1) is 0 Å². The number of aliphatic hydroxyl groups is 1. The van der Waals surface area contributed by atoms with E-state index in [0.29, 0.717) is 24.8 Å². The van der Waals surface area contributed by atoms with Crippen LogP contribution in [0.2, 0.25) is 0 Å². The van der Waals surface area contributed by atoms with E-state index in [4.69, 9.17) is 4.74 Å². The Morgan fingerprint density at radius 2 is 1.90 bits per heavy atom. The van der Waals surface area contributed by atoms with Crippen LogP contribution in [-0.4, -0.2) is 35.7 Å². The molecule has 4 bridgehead atoms. The SMILES string of the molecule is CCCNC(=O)COC(=O)C12C[C@@H]3C[C@@H](CC(O)(C3)C1)C2. The van der Waals surface area contributed by atoms with Crippen molar-refractivity contribution in [1.82, 2.24) is 5.32 Å². The summed E-state index contributed by atoms with van der Waals surface area (Å²) in [6.07, 6.45) is 5.81. The molecule has 4 aliphatic carbocycles. The molecule has 4 aliphatic rings. The molecule has 0 aliphatic heterocycles. The van der Waals surface area contributed by atoms with Crippen LogP contribution in [-0.2, 0) is 14.3 Å². The highest BCUT2D eigenvalue weighted by atomic mass is 16.5. The zero-order valence-electron chi connectivity index (χ0n) is 12.7. The van der Waals surface area contributed by atoms with E-state index in [0.717, 1.165) is 38.5 Å². The van der Waals surface area contributed by atoms with Gasteiger partial charge in [0.15, 0.2) is 6.61 Å². The summed E-state index contributed by atoms with van der Waals surface area (Å²) < 4.78 is 5.27. The van der Waals surface area contributed by atoms with E-state index in [-0.39, 0.29) is 18.5 Å². The van der Waals surface area contributed by atoms with Crippen molar-refractivity contribution in [1.29, 1.82) is 0 Å². The Kier molecular flexibility index (Phi) is 3.72. The molecule has 0 heterocycles. The molecule has 4 saturated carbocycles. The normalized spacial score (nSPS) is 40.1. The number of amides is 1. The maximum absolute atomic E-state index is 12.5. The Bertz CT molecular complexity index is 434. The van der Waals surface area contributed by atoms with E-state index >= 15 is 0 Å². The molecule has 21 heavy (non-hydrogen) atoms. The molecule has 1 amide bonds. The summed E-state index contributed by atoms with van der Waals surface area (Å²) in [6, 6.07) is 0. The highest BCUT2D eigenvalue weighted by molar-refractivity contribution is 5.83. The molecule has 4 fully saturated rings. The third-order valence-corrected chi connectivity index (χ3v) is 5.37. The van der Waals surface area contributed by atoms with Gasteiger partial charge >= 0.3 is 5.97 Å². The van der Waals surface area contributed by atoms with Crippen molar-refractivity contribution in [3.05, 3.63) is 0 Å². The number of esters is 1. The van der Waals surface area contributed by atoms with Crippen LogP contribution in [0.4, 0.5) is 0 Å². The molecule has 0 aromatic carbocycles. The minimum absolute atomic E-state index is 0.200. The molecule has 0 aromatic rings. The molecule has 2 unspecified atom stereocenters. The molecule has 5 nitrogen and oxygen atoms in total. The Labute approximate surface area is 125 Å². The second-order valence-corrected chi connectivity index (χ2v) is 7.39. The average Bonchev–Trinajstić information content (AvgIpc) is 2.39. The zero-order valence-corrected chi connectivity index (χ0v) is 12.7. The van der Waals surface area contributed by atoms with Crippen molar-refractivity contribution in [3.63, 3.8) is 0 Å². The molecule has 4 atom stereocenters. The standard InChI is InChI=1S/C16H25NO4/c1-2-3-17-13(18)9-21-14(19)15-5-11-4-12(6-15)8-16(20,7-11)10-15/h11-12,20H,2-10H2,1H3,(H,17,18)/t11-,12+,15?,16?. The van der Waals surface area contributed by atoms with Gasteiger partial charge in [-0.05, 0) is 56.8 Å². The predicted octanol–water partition coefficient (Wildman–Crippen LogP) is 1.39. The lowest BCUT2D eigenvalue weighted by Gasteiger charge is -2.58. The van der Waals surface area contributed by atoms with Crippen LogP contribution < -0.4 is 5.32 Å². The first-order valence-electron chi connectivity index (χ1n) is 8.11. The van der Waals surface area contributed by atoms with Crippen molar-refractivity contribution in [3.8, 4) is 0 Å². The lowest BCUT2D eigenvalue weighted by molar-refractivity contribution is -0.196. The van der Waals surface area contributed by atoms with Crippen LogP contribution in [0, 0.1) is 17.3 Å². The van der Waals surface area contributed by atoms with Crippen molar-refractivity contribution in [2.24, 2.45) is 17.3 Å². The summed E-state index contributed by atoms with van der Waals surface area (Å²) in [6.45, 7) is 2.38. The van der Waals surface area contributed by atoms with E-state index in [9.17, 15) is 14.7 Å². The summed E-state index contributed by atoms with van der Waals surface area (Å²) in [7, 11) is 0. The molecule has 0 radical (unpaired) electrons. The van der Waals surface area contributed by atoms with Gasteiger partial charge in [-0.3, -0.25) is 9.59 Å². The zero-order chi connectivity index (χ0) is 15.1. The van der Waals surface area contributed by atoms with Gasteiger partial charge < -0.3 is 15.2 Å². The summed E-state index contributed by atoms with van der Waals surface area (Å²) >= 11 is 0. The predicted molar refractivity (Wildman–Crippen MR) is 76.3 cm³/mol. The van der Waals surface area contributed by atoms with Crippen LogP contribution in [0.25, 0.3) is 0 Å². The van der Waals surface area contributed by atoms with E-state index < -0.39 is 11.0 Å². The Balaban J connectivity index is 1.61. The smallest absolute Gasteiger partial charge is 0.312 e. The van der Waals surface area contributed by atoms with Gasteiger partial charge in [-0.2, -0.15) is 0 Å². The van der Waals surface area contributed by atoms with Gasteiger partial charge in [0.25, 0.3) is 5.91 Å². The molecule has 118 valence electrons. The highest BCUT2D eigenvalue weighted by Gasteiger charge is 2.60. The minimum Gasteiger partial charge on any atom is -0.455 e. The first-order chi connectivity index (χ1) is 9.95.